The molecule has 0 heterocycles. The highest BCUT2D eigenvalue weighted by molar-refractivity contribution is 5.94. The van der Waals surface area contributed by atoms with Gasteiger partial charge in [0.1, 0.15) is 0 Å². The van der Waals surface area contributed by atoms with Crippen LogP contribution in [0.15, 0.2) is 18.2 Å². The van der Waals surface area contributed by atoms with Crippen LogP contribution >= 0.6 is 0 Å². The largest absolute Gasteiger partial charge is 0.478 e. The molecule has 4 nitrogen and oxygen atoms in total. The molecule has 1 aliphatic rings. The maximum atomic E-state index is 10.9. The van der Waals surface area contributed by atoms with Gasteiger partial charge in [-0.2, -0.15) is 0 Å². The summed E-state index contributed by atoms with van der Waals surface area (Å²) in [7, 11) is 0. The molecule has 1 aromatic rings. The highest BCUT2D eigenvalue weighted by Gasteiger charge is 2.35. The number of anilines is 2. The van der Waals surface area contributed by atoms with Crippen LogP contribution in [0.1, 0.15) is 36.5 Å². The van der Waals surface area contributed by atoms with Gasteiger partial charge < -0.3 is 16.2 Å². The topological polar surface area (TPSA) is 75.3 Å². The second-order valence-corrected chi connectivity index (χ2v) is 4.64. The Morgan fingerprint density at radius 1 is 1.59 bits per heavy atom. The van der Waals surface area contributed by atoms with Crippen LogP contribution < -0.4 is 11.1 Å². The Hall–Kier alpha value is -1.71. The number of hydrogen-bond donors (Lipinski definition) is 3. The fourth-order valence-corrected chi connectivity index (χ4v) is 2.16. The minimum atomic E-state index is -0.980. The number of carboxylic acid groups (broad SMARTS) is 1. The molecule has 92 valence electrons. The third-order valence-electron chi connectivity index (χ3n) is 3.22. The highest BCUT2D eigenvalue weighted by Crippen LogP contribution is 2.37. The molecule has 1 fully saturated rings. The molecule has 0 aliphatic heterocycles. The van der Waals surface area contributed by atoms with E-state index < -0.39 is 5.97 Å². The number of nitrogens with one attached hydrogen (secondary N) is 1. The van der Waals surface area contributed by atoms with Gasteiger partial charge >= 0.3 is 5.97 Å². The van der Waals surface area contributed by atoms with Crippen molar-refractivity contribution >= 4 is 17.3 Å². The van der Waals surface area contributed by atoms with Gasteiger partial charge in [-0.25, -0.2) is 4.79 Å². The first-order valence-electron chi connectivity index (χ1n) is 6.01. The van der Waals surface area contributed by atoms with Crippen LogP contribution in [0.4, 0.5) is 11.4 Å². The van der Waals surface area contributed by atoms with Crippen molar-refractivity contribution in [1.82, 2.24) is 0 Å². The Morgan fingerprint density at radius 2 is 2.35 bits per heavy atom. The van der Waals surface area contributed by atoms with Crippen molar-refractivity contribution in [3.8, 4) is 0 Å². The number of hydrogen-bond acceptors (Lipinski definition) is 3. The van der Waals surface area contributed by atoms with E-state index in [1.54, 1.807) is 12.1 Å². The quantitative estimate of drug-likeness (QED) is 0.684. The summed E-state index contributed by atoms with van der Waals surface area (Å²) in [5, 5.41) is 12.3. The van der Waals surface area contributed by atoms with Crippen LogP contribution in [0.3, 0.4) is 0 Å². The van der Waals surface area contributed by atoms with Gasteiger partial charge in [-0.3, -0.25) is 0 Å². The van der Waals surface area contributed by atoms with Gasteiger partial charge in [0, 0.05) is 17.4 Å². The summed E-state index contributed by atoms with van der Waals surface area (Å²) in [6.45, 7) is 2.18. The number of nitrogens with two attached hydrogens (primary N) is 1. The zero-order chi connectivity index (χ0) is 12.4. The molecule has 1 aliphatic carbocycles. The second-order valence-electron chi connectivity index (χ2n) is 4.64. The molecule has 0 radical (unpaired) electrons. The van der Waals surface area contributed by atoms with E-state index in [1.807, 2.05) is 6.07 Å². The normalized spacial score (nSPS) is 22.2. The lowest BCUT2D eigenvalue weighted by Crippen LogP contribution is -2.07. The zero-order valence-electron chi connectivity index (χ0n) is 9.94. The summed E-state index contributed by atoms with van der Waals surface area (Å²) in [6, 6.07) is 5.59. The first-order chi connectivity index (χ1) is 8.11. The van der Waals surface area contributed by atoms with Crippen LogP contribution in [-0.4, -0.2) is 17.1 Å². The van der Waals surface area contributed by atoms with Crippen molar-refractivity contribution in [2.45, 2.75) is 32.2 Å². The minimum absolute atomic E-state index is 0.169. The van der Waals surface area contributed by atoms with E-state index in [0.717, 1.165) is 11.6 Å². The first kappa shape index (κ1) is 11.8. The van der Waals surface area contributed by atoms with E-state index in [-0.39, 0.29) is 5.56 Å². The summed E-state index contributed by atoms with van der Waals surface area (Å²) in [4.78, 5) is 10.9. The summed E-state index contributed by atoms with van der Waals surface area (Å²) >= 11 is 0. The SMILES string of the molecule is CCCC1CC1Nc1ccc(N)c(C(=O)O)c1. The van der Waals surface area contributed by atoms with Crippen LogP contribution in [0, 0.1) is 5.92 Å². The molecule has 17 heavy (non-hydrogen) atoms. The number of aromatic carboxylic acids is 1. The van der Waals surface area contributed by atoms with Crippen molar-refractivity contribution in [1.29, 1.82) is 0 Å². The summed E-state index contributed by atoms with van der Waals surface area (Å²) < 4.78 is 0. The lowest BCUT2D eigenvalue weighted by Gasteiger charge is -2.08. The molecular weight excluding hydrogens is 216 g/mol. The molecule has 2 unspecified atom stereocenters. The van der Waals surface area contributed by atoms with Crippen molar-refractivity contribution in [2.24, 2.45) is 5.92 Å². The van der Waals surface area contributed by atoms with Crippen molar-refractivity contribution in [3.05, 3.63) is 23.8 Å². The van der Waals surface area contributed by atoms with E-state index in [0.29, 0.717) is 11.7 Å². The van der Waals surface area contributed by atoms with E-state index in [1.165, 1.54) is 19.3 Å². The maximum absolute atomic E-state index is 10.9. The molecule has 4 heteroatoms. The van der Waals surface area contributed by atoms with E-state index in [9.17, 15) is 4.79 Å². The number of carbonyl (C=O) groups is 1. The van der Waals surface area contributed by atoms with Crippen molar-refractivity contribution in [3.63, 3.8) is 0 Å². The third-order valence-corrected chi connectivity index (χ3v) is 3.22. The average Bonchev–Trinajstić information content (AvgIpc) is 2.99. The number of benzene rings is 1. The first-order valence-corrected chi connectivity index (χ1v) is 6.01. The Morgan fingerprint density at radius 3 is 3.00 bits per heavy atom. The highest BCUT2D eigenvalue weighted by atomic mass is 16.4. The van der Waals surface area contributed by atoms with Gasteiger partial charge in [0.25, 0.3) is 0 Å². The molecule has 4 N–H and O–H groups in total. The lowest BCUT2D eigenvalue weighted by molar-refractivity contribution is 0.0698. The van der Waals surface area contributed by atoms with E-state index >= 15 is 0 Å². The molecular formula is C13H18N2O2. The predicted octanol–water partition coefficient (Wildman–Crippen LogP) is 2.57. The Kier molecular flexibility index (Phi) is 3.22. The fraction of sp³-hybridized carbons (Fsp3) is 0.462. The molecule has 2 rings (SSSR count). The third kappa shape index (κ3) is 2.70. The average molecular weight is 234 g/mol. The smallest absolute Gasteiger partial charge is 0.337 e. The summed E-state index contributed by atoms with van der Waals surface area (Å²) in [5.74, 6) is -0.238. The fourth-order valence-electron chi connectivity index (χ4n) is 2.16. The molecule has 2 atom stereocenters. The lowest BCUT2D eigenvalue weighted by atomic mass is 10.1. The number of rotatable bonds is 5. The molecule has 0 amide bonds. The van der Waals surface area contributed by atoms with E-state index in [4.69, 9.17) is 10.8 Å². The van der Waals surface area contributed by atoms with Crippen LogP contribution in [-0.2, 0) is 0 Å². The van der Waals surface area contributed by atoms with E-state index in [2.05, 4.69) is 12.2 Å². The van der Waals surface area contributed by atoms with Gasteiger partial charge in [-0.05, 0) is 37.0 Å². The monoisotopic (exact) mass is 234 g/mol. The maximum Gasteiger partial charge on any atom is 0.337 e. The standard InChI is InChI=1S/C13H18N2O2/c1-2-3-8-6-12(8)15-9-4-5-11(14)10(7-9)13(16)17/h4-5,7-8,12,15H,2-3,6,14H2,1H3,(H,16,17). The summed E-state index contributed by atoms with van der Waals surface area (Å²) in [5.41, 5.74) is 6.93. The zero-order valence-corrected chi connectivity index (χ0v) is 9.94. The molecule has 1 saturated carbocycles. The minimum Gasteiger partial charge on any atom is -0.478 e. The second kappa shape index (κ2) is 4.65. The summed E-state index contributed by atoms with van der Waals surface area (Å²) in [6.07, 6.45) is 3.62. The Balaban J connectivity index is 2.03. The predicted molar refractivity (Wildman–Crippen MR) is 68.2 cm³/mol. The van der Waals surface area contributed by atoms with Gasteiger partial charge in [0.05, 0.1) is 5.56 Å². The van der Waals surface area contributed by atoms with Crippen LogP contribution in [0.25, 0.3) is 0 Å². The van der Waals surface area contributed by atoms with Crippen molar-refractivity contribution in [2.75, 3.05) is 11.1 Å². The van der Waals surface area contributed by atoms with Crippen LogP contribution in [0.2, 0.25) is 0 Å². The van der Waals surface area contributed by atoms with Crippen LogP contribution in [0.5, 0.6) is 0 Å². The van der Waals surface area contributed by atoms with Gasteiger partial charge in [0.15, 0.2) is 0 Å². The Bertz CT molecular complexity index is 431. The Labute approximate surface area is 101 Å². The molecule has 0 spiro atoms. The van der Waals surface area contributed by atoms with Gasteiger partial charge in [0.2, 0.25) is 0 Å². The number of nitrogen functional groups attached to an aromatic ring is 1. The molecule has 0 bridgehead atoms. The molecule has 1 aromatic carbocycles. The molecule has 0 saturated heterocycles. The van der Waals surface area contributed by atoms with Gasteiger partial charge in [-0.15, -0.1) is 0 Å². The number of carboxylic acids is 1. The molecule has 0 aromatic heterocycles. The van der Waals surface area contributed by atoms with Gasteiger partial charge in [-0.1, -0.05) is 13.3 Å². The van der Waals surface area contributed by atoms with Crippen molar-refractivity contribution < 1.29 is 9.90 Å².